The zero-order valence-corrected chi connectivity index (χ0v) is 11.4. The highest BCUT2D eigenvalue weighted by molar-refractivity contribution is 5.77. The standard InChI is InChI=1S/C13H18FNO4/c1-13(2,12(17)19-4)11(15)8-5-7(14)6-9(18-3)10(8)16/h5-6,11,16H,15H2,1-4H3/t11-/m1/s1. The van der Waals surface area contributed by atoms with E-state index in [4.69, 9.17) is 10.5 Å². The van der Waals surface area contributed by atoms with Crippen molar-refractivity contribution in [2.24, 2.45) is 11.1 Å². The van der Waals surface area contributed by atoms with Crippen LogP contribution in [0.3, 0.4) is 0 Å². The Morgan fingerprint density at radius 2 is 2.00 bits per heavy atom. The van der Waals surface area contributed by atoms with Gasteiger partial charge in [-0.1, -0.05) is 0 Å². The summed E-state index contributed by atoms with van der Waals surface area (Å²) in [7, 11) is 2.54. The molecule has 6 heteroatoms. The van der Waals surface area contributed by atoms with Gasteiger partial charge in [0.2, 0.25) is 0 Å². The summed E-state index contributed by atoms with van der Waals surface area (Å²) < 4.78 is 23.0. The Bertz CT molecular complexity index is 488. The second-order valence-corrected chi connectivity index (χ2v) is 4.74. The molecule has 0 aliphatic carbocycles. The smallest absolute Gasteiger partial charge is 0.313 e. The van der Waals surface area contributed by atoms with Crippen LogP contribution in [-0.2, 0) is 9.53 Å². The summed E-state index contributed by atoms with van der Waals surface area (Å²) in [6, 6.07) is 1.17. The number of nitrogens with two attached hydrogens (primary N) is 1. The number of halogens is 1. The number of carbonyl (C=O) groups is 1. The number of hydrogen-bond acceptors (Lipinski definition) is 5. The summed E-state index contributed by atoms with van der Waals surface area (Å²) in [5, 5.41) is 9.98. The number of hydrogen-bond donors (Lipinski definition) is 2. The van der Waals surface area contributed by atoms with E-state index in [-0.39, 0.29) is 17.1 Å². The molecule has 0 radical (unpaired) electrons. The molecule has 0 heterocycles. The summed E-state index contributed by atoms with van der Waals surface area (Å²) >= 11 is 0. The Balaban J connectivity index is 3.30. The lowest BCUT2D eigenvalue weighted by molar-refractivity contribution is -0.152. The van der Waals surface area contributed by atoms with E-state index in [0.717, 1.165) is 12.1 Å². The zero-order valence-electron chi connectivity index (χ0n) is 11.4. The fourth-order valence-corrected chi connectivity index (χ4v) is 1.77. The molecule has 0 saturated heterocycles. The Hall–Kier alpha value is -1.82. The van der Waals surface area contributed by atoms with Gasteiger partial charge in [-0.15, -0.1) is 0 Å². The Kier molecular flexibility index (Phi) is 4.36. The summed E-state index contributed by atoms with van der Waals surface area (Å²) in [6.07, 6.45) is 0. The molecule has 0 bridgehead atoms. The minimum Gasteiger partial charge on any atom is -0.504 e. The van der Waals surface area contributed by atoms with Crippen molar-refractivity contribution in [2.75, 3.05) is 14.2 Å². The van der Waals surface area contributed by atoms with Crippen molar-refractivity contribution < 1.29 is 23.8 Å². The molecule has 5 nitrogen and oxygen atoms in total. The van der Waals surface area contributed by atoms with Crippen LogP contribution < -0.4 is 10.5 Å². The van der Waals surface area contributed by atoms with Gasteiger partial charge in [-0.3, -0.25) is 4.79 Å². The largest absolute Gasteiger partial charge is 0.504 e. The number of rotatable bonds is 4. The Morgan fingerprint density at radius 3 is 2.47 bits per heavy atom. The van der Waals surface area contributed by atoms with Gasteiger partial charge in [0.05, 0.1) is 19.6 Å². The quantitative estimate of drug-likeness (QED) is 0.815. The molecule has 19 heavy (non-hydrogen) atoms. The van der Waals surface area contributed by atoms with Crippen LogP contribution in [0.25, 0.3) is 0 Å². The maximum Gasteiger partial charge on any atom is 0.313 e. The first-order valence-corrected chi connectivity index (χ1v) is 5.66. The molecule has 0 unspecified atom stereocenters. The molecule has 1 rings (SSSR count). The lowest BCUT2D eigenvalue weighted by Gasteiger charge is -2.29. The van der Waals surface area contributed by atoms with E-state index in [9.17, 15) is 14.3 Å². The maximum absolute atomic E-state index is 13.5. The van der Waals surface area contributed by atoms with E-state index in [1.165, 1.54) is 14.2 Å². The van der Waals surface area contributed by atoms with Gasteiger partial charge in [-0.05, 0) is 19.9 Å². The van der Waals surface area contributed by atoms with Crippen LogP contribution in [0.1, 0.15) is 25.5 Å². The summed E-state index contributed by atoms with van der Waals surface area (Å²) in [4.78, 5) is 11.7. The minimum absolute atomic E-state index is 0.0360. The number of aromatic hydroxyl groups is 1. The van der Waals surface area contributed by atoms with Crippen molar-refractivity contribution >= 4 is 5.97 Å². The van der Waals surface area contributed by atoms with Crippen molar-refractivity contribution in [3.63, 3.8) is 0 Å². The lowest BCUT2D eigenvalue weighted by atomic mass is 9.80. The molecule has 0 amide bonds. The van der Waals surface area contributed by atoms with Gasteiger partial charge in [-0.25, -0.2) is 4.39 Å². The molecule has 0 aliphatic rings. The van der Waals surface area contributed by atoms with Crippen molar-refractivity contribution in [3.05, 3.63) is 23.5 Å². The van der Waals surface area contributed by atoms with Crippen LogP contribution in [-0.4, -0.2) is 25.3 Å². The molecular weight excluding hydrogens is 253 g/mol. The third-order valence-electron chi connectivity index (χ3n) is 3.11. The number of methoxy groups -OCH3 is 2. The van der Waals surface area contributed by atoms with Crippen molar-refractivity contribution in [1.82, 2.24) is 0 Å². The molecule has 106 valence electrons. The molecule has 1 aromatic carbocycles. The van der Waals surface area contributed by atoms with Gasteiger partial charge < -0.3 is 20.3 Å². The van der Waals surface area contributed by atoms with Gasteiger partial charge >= 0.3 is 5.97 Å². The van der Waals surface area contributed by atoms with E-state index in [0.29, 0.717) is 0 Å². The number of phenolic OH excluding ortho intramolecular Hbond substituents is 1. The molecule has 0 fully saturated rings. The Labute approximate surface area is 111 Å². The molecule has 3 N–H and O–H groups in total. The molecule has 0 spiro atoms. The van der Waals surface area contributed by atoms with Crippen molar-refractivity contribution in [3.8, 4) is 11.5 Å². The van der Waals surface area contributed by atoms with E-state index in [1.807, 2.05) is 0 Å². The van der Waals surface area contributed by atoms with Gasteiger partial charge in [0.1, 0.15) is 5.82 Å². The first kappa shape index (κ1) is 15.2. The number of ether oxygens (including phenoxy) is 2. The first-order valence-electron chi connectivity index (χ1n) is 5.66. The van der Waals surface area contributed by atoms with Crippen molar-refractivity contribution in [2.45, 2.75) is 19.9 Å². The predicted octanol–water partition coefficient (Wildman–Crippen LogP) is 1.74. The zero-order chi connectivity index (χ0) is 14.8. The molecule has 1 atom stereocenters. The first-order chi connectivity index (χ1) is 8.75. The predicted molar refractivity (Wildman–Crippen MR) is 67.3 cm³/mol. The highest BCUT2D eigenvalue weighted by Gasteiger charge is 2.38. The number of benzene rings is 1. The third kappa shape index (κ3) is 2.78. The monoisotopic (exact) mass is 271 g/mol. The number of esters is 1. The van der Waals surface area contributed by atoms with Crippen LogP contribution in [0.5, 0.6) is 11.5 Å². The average molecular weight is 271 g/mol. The van der Waals surface area contributed by atoms with E-state index < -0.39 is 23.2 Å². The van der Waals surface area contributed by atoms with E-state index in [1.54, 1.807) is 13.8 Å². The van der Waals surface area contributed by atoms with Gasteiger partial charge in [-0.2, -0.15) is 0 Å². The number of phenols is 1. The summed E-state index contributed by atoms with van der Waals surface area (Å²) in [5.41, 5.74) is 4.93. The van der Waals surface area contributed by atoms with Crippen LogP contribution in [0.4, 0.5) is 4.39 Å². The highest BCUT2D eigenvalue weighted by Crippen LogP contribution is 2.41. The topological polar surface area (TPSA) is 81.8 Å². The van der Waals surface area contributed by atoms with Gasteiger partial charge in [0.25, 0.3) is 0 Å². The van der Waals surface area contributed by atoms with Crippen LogP contribution in [0.2, 0.25) is 0 Å². The van der Waals surface area contributed by atoms with Gasteiger partial charge in [0.15, 0.2) is 11.5 Å². The molecular formula is C13H18FNO4. The average Bonchev–Trinajstić information content (AvgIpc) is 2.38. The van der Waals surface area contributed by atoms with Crippen LogP contribution >= 0.6 is 0 Å². The normalized spacial score (nSPS) is 12.9. The molecule has 1 aromatic rings. The molecule has 0 aromatic heterocycles. The second kappa shape index (κ2) is 5.44. The number of carbonyl (C=O) groups excluding carboxylic acids is 1. The second-order valence-electron chi connectivity index (χ2n) is 4.74. The highest BCUT2D eigenvalue weighted by atomic mass is 19.1. The van der Waals surface area contributed by atoms with E-state index >= 15 is 0 Å². The maximum atomic E-state index is 13.5. The fourth-order valence-electron chi connectivity index (χ4n) is 1.77. The van der Waals surface area contributed by atoms with Crippen LogP contribution in [0, 0.1) is 11.2 Å². The molecule has 0 saturated carbocycles. The SMILES string of the molecule is COC(=O)C(C)(C)[C@H](N)c1cc(F)cc(OC)c1O. The van der Waals surface area contributed by atoms with Gasteiger partial charge in [0, 0.05) is 17.7 Å². The van der Waals surface area contributed by atoms with Crippen molar-refractivity contribution in [1.29, 1.82) is 0 Å². The minimum atomic E-state index is -1.12. The lowest BCUT2D eigenvalue weighted by Crippen LogP contribution is -2.37. The van der Waals surface area contributed by atoms with E-state index in [2.05, 4.69) is 4.74 Å². The summed E-state index contributed by atoms with van der Waals surface area (Å²) in [5.74, 6) is -1.48. The Morgan fingerprint density at radius 1 is 1.42 bits per heavy atom. The summed E-state index contributed by atoms with van der Waals surface area (Å²) in [6.45, 7) is 3.11. The van der Waals surface area contributed by atoms with Crippen LogP contribution in [0.15, 0.2) is 12.1 Å². The fraction of sp³-hybridized carbons (Fsp3) is 0.462. The molecule has 0 aliphatic heterocycles. The third-order valence-corrected chi connectivity index (χ3v) is 3.11.